The van der Waals surface area contributed by atoms with Gasteiger partial charge in [0, 0.05) is 36.6 Å². The van der Waals surface area contributed by atoms with E-state index in [2.05, 4.69) is 39.9 Å². The topological polar surface area (TPSA) is 124 Å². The largest absolute Gasteiger partial charge is 0.513 e. The van der Waals surface area contributed by atoms with E-state index in [1.54, 1.807) is 25.3 Å². The molecule has 0 fully saturated rings. The van der Waals surface area contributed by atoms with Crippen molar-refractivity contribution in [3.05, 3.63) is 76.2 Å². The van der Waals surface area contributed by atoms with Gasteiger partial charge in [0.2, 0.25) is 0 Å². The Morgan fingerprint density at radius 3 is 2.64 bits per heavy atom. The van der Waals surface area contributed by atoms with Crippen molar-refractivity contribution < 1.29 is 9.90 Å². The minimum atomic E-state index is -0.383. The summed E-state index contributed by atoms with van der Waals surface area (Å²) in [5.74, 6) is 0.722. The van der Waals surface area contributed by atoms with E-state index in [0.717, 1.165) is 22.1 Å². The first-order valence-corrected chi connectivity index (χ1v) is 12.1. The summed E-state index contributed by atoms with van der Waals surface area (Å²) < 4.78 is 1.54. The van der Waals surface area contributed by atoms with Gasteiger partial charge in [0.25, 0.3) is 5.91 Å². The third-order valence-electron chi connectivity index (χ3n) is 6.30. The molecule has 1 atom stereocenters. The van der Waals surface area contributed by atoms with Crippen molar-refractivity contribution in [1.29, 1.82) is 0 Å². The standard InChI is InChI=1S/C27H32N6O3/c1-16(2)23-13-10-18(9-11-19(34)15-17(3)29-30-23)25-31-32-27(36)33(25)24-14-12-22(26(35)28-4)20-7-5-6-8-21(20)24/h5-8,10,12,14-17,29,34H,9,11,13H2,1-4H3,(H,28,35)(H,32,36)/b18-10+,19-15+,30-23+. The maximum atomic E-state index is 13.1. The van der Waals surface area contributed by atoms with E-state index >= 15 is 0 Å². The predicted molar refractivity (Wildman–Crippen MR) is 142 cm³/mol. The molecule has 4 rings (SSSR count). The van der Waals surface area contributed by atoms with E-state index in [1.807, 2.05) is 37.3 Å². The summed E-state index contributed by atoms with van der Waals surface area (Å²) in [6, 6.07) is 10.9. The number of hydrazone groups is 1. The molecule has 188 valence electrons. The smallest absolute Gasteiger partial charge is 0.348 e. The average molecular weight is 489 g/mol. The summed E-state index contributed by atoms with van der Waals surface area (Å²) in [5, 5.41) is 26.2. The molecule has 0 bridgehead atoms. The Balaban J connectivity index is 1.87. The monoisotopic (exact) mass is 488 g/mol. The molecule has 1 unspecified atom stereocenters. The minimum Gasteiger partial charge on any atom is -0.513 e. The molecule has 0 saturated heterocycles. The molecule has 1 amide bonds. The Bertz CT molecular complexity index is 1430. The summed E-state index contributed by atoms with van der Waals surface area (Å²) in [6.45, 7) is 6.09. The van der Waals surface area contributed by atoms with Crippen molar-refractivity contribution in [3.63, 3.8) is 0 Å². The molecule has 9 heteroatoms. The molecular weight excluding hydrogens is 456 g/mol. The quantitative estimate of drug-likeness (QED) is 0.441. The number of H-pyrrole nitrogens is 1. The Hall–Kier alpha value is -4.14. The number of aliphatic hydroxyl groups excluding tert-OH is 1. The molecule has 0 aliphatic carbocycles. The molecule has 1 aliphatic rings. The van der Waals surface area contributed by atoms with E-state index in [-0.39, 0.29) is 29.3 Å². The van der Waals surface area contributed by atoms with Gasteiger partial charge in [-0.3, -0.25) is 4.79 Å². The molecule has 1 aromatic heterocycles. The first kappa shape index (κ1) is 25.0. The number of nitrogens with one attached hydrogen (secondary N) is 3. The van der Waals surface area contributed by atoms with Crippen LogP contribution < -0.4 is 16.4 Å². The van der Waals surface area contributed by atoms with E-state index in [4.69, 9.17) is 0 Å². The number of aromatic nitrogens is 3. The van der Waals surface area contributed by atoms with Gasteiger partial charge in [-0.25, -0.2) is 14.5 Å². The fourth-order valence-electron chi connectivity index (χ4n) is 4.35. The number of hydrogen-bond donors (Lipinski definition) is 4. The minimum absolute atomic E-state index is 0.117. The second-order valence-corrected chi connectivity index (χ2v) is 9.21. The van der Waals surface area contributed by atoms with Crippen molar-refractivity contribution in [2.75, 3.05) is 7.05 Å². The normalized spacial score (nSPS) is 21.4. The van der Waals surface area contributed by atoms with Gasteiger partial charge in [0.05, 0.1) is 17.5 Å². The van der Waals surface area contributed by atoms with Gasteiger partial charge in [0.15, 0.2) is 5.82 Å². The van der Waals surface area contributed by atoms with Gasteiger partial charge in [-0.2, -0.15) is 10.2 Å². The van der Waals surface area contributed by atoms with Crippen molar-refractivity contribution in [3.8, 4) is 5.69 Å². The lowest BCUT2D eigenvalue weighted by atomic mass is 10.00. The summed E-state index contributed by atoms with van der Waals surface area (Å²) in [6.07, 6.45) is 5.22. The number of fused-ring (bicyclic) bond motifs is 1. The third kappa shape index (κ3) is 5.10. The van der Waals surface area contributed by atoms with Crippen LogP contribution in [0.3, 0.4) is 0 Å². The van der Waals surface area contributed by atoms with Crippen LogP contribution >= 0.6 is 0 Å². The van der Waals surface area contributed by atoms with Gasteiger partial charge in [-0.1, -0.05) is 44.2 Å². The molecule has 2 aromatic carbocycles. The van der Waals surface area contributed by atoms with Crippen molar-refractivity contribution in [1.82, 2.24) is 25.5 Å². The molecule has 0 spiro atoms. The highest BCUT2D eigenvalue weighted by Gasteiger charge is 2.20. The van der Waals surface area contributed by atoms with Gasteiger partial charge in [-0.05, 0) is 48.4 Å². The number of hydrogen-bond acceptors (Lipinski definition) is 6. The molecule has 0 saturated carbocycles. The molecule has 9 nitrogen and oxygen atoms in total. The number of amides is 1. The molecule has 1 aliphatic heterocycles. The van der Waals surface area contributed by atoms with Crippen molar-refractivity contribution in [2.45, 2.75) is 46.1 Å². The third-order valence-corrected chi connectivity index (χ3v) is 6.30. The molecular formula is C27H32N6O3. The number of aliphatic hydroxyl groups is 1. The second-order valence-electron chi connectivity index (χ2n) is 9.21. The van der Waals surface area contributed by atoms with Crippen LogP contribution in [0.4, 0.5) is 0 Å². The molecule has 4 N–H and O–H groups in total. The van der Waals surface area contributed by atoms with Crippen LogP contribution in [0.5, 0.6) is 0 Å². The van der Waals surface area contributed by atoms with Crippen molar-refractivity contribution >= 4 is 28.0 Å². The average Bonchev–Trinajstić information content (AvgIpc) is 3.23. The Morgan fingerprint density at radius 1 is 1.17 bits per heavy atom. The van der Waals surface area contributed by atoms with Gasteiger partial charge >= 0.3 is 5.69 Å². The number of carbonyl (C=O) groups excluding carboxylic acids is 1. The molecule has 3 aromatic rings. The maximum absolute atomic E-state index is 13.1. The lowest BCUT2D eigenvalue weighted by Crippen LogP contribution is -2.22. The Morgan fingerprint density at radius 2 is 1.92 bits per heavy atom. The van der Waals surface area contributed by atoms with Crippen LogP contribution in [0.25, 0.3) is 22.0 Å². The highest BCUT2D eigenvalue weighted by molar-refractivity contribution is 6.09. The summed E-state index contributed by atoms with van der Waals surface area (Å²) in [4.78, 5) is 25.5. The lowest BCUT2D eigenvalue weighted by molar-refractivity contribution is 0.0964. The first-order chi connectivity index (χ1) is 17.3. The number of rotatable bonds is 4. The fourth-order valence-corrected chi connectivity index (χ4v) is 4.35. The summed E-state index contributed by atoms with van der Waals surface area (Å²) in [5.41, 5.74) is 5.63. The van der Waals surface area contributed by atoms with Gasteiger partial charge < -0.3 is 15.8 Å². The molecule has 36 heavy (non-hydrogen) atoms. The Labute approximate surface area is 209 Å². The Kier molecular flexibility index (Phi) is 7.38. The predicted octanol–water partition coefficient (Wildman–Crippen LogP) is 4.07. The highest BCUT2D eigenvalue weighted by atomic mass is 16.3. The van der Waals surface area contributed by atoms with Crippen LogP contribution in [0, 0.1) is 5.92 Å². The van der Waals surface area contributed by atoms with Crippen LogP contribution in [-0.4, -0.2) is 44.6 Å². The number of nitrogens with zero attached hydrogens (tertiary/aromatic N) is 3. The second kappa shape index (κ2) is 10.6. The number of carbonyl (C=O) groups is 1. The lowest BCUT2D eigenvalue weighted by Gasteiger charge is -2.14. The van der Waals surface area contributed by atoms with Crippen LogP contribution in [0.15, 0.2) is 64.2 Å². The number of allylic oxidation sites excluding steroid dienone is 3. The zero-order valence-electron chi connectivity index (χ0n) is 21.0. The molecule has 0 radical (unpaired) electrons. The molecule has 2 heterocycles. The first-order valence-electron chi connectivity index (χ1n) is 12.1. The zero-order chi connectivity index (χ0) is 25.8. The van der Waals surface area contributed by atoms with Gasteiger partial charge in [-0.15, -0.1) is 0 Å². The maximum Gasteiger partial charge on any atom is 0.348 e. The fraction of sp³-hybridized carbons (Fsp3) is 0.333. The van der Waals surface area contributed by atoms with Crippen molar-refractivity contribution in [2.24, 2.45) is 11.0 Å². The number of aromatic amines is 1. The zero-order valence-corrected chi connectivity index (χ0v) is 21.0. The summed E-state index contributed by atoms with van der Waals surface area (Å²) >= 11 is 0. The highest BCUT2D eigenvalue weighted by Crippen LogP contribution is 2.29. The van der Waals surface area contributed by atoms with E-state index in [9.17, 15) is 14.7 Å². The van der Waals surface area contributed by atoms with Crippen LogP contribution in [-0.2, 0) is 0 Å². The SMILES string of the molecule is CNC(=O)c1ccc(-n2c(/C3=C/C/C(C(C)C)=N\NC(C)/C=C(/O)CC3)n[nH]c2=O)c2ccccc12. The summed E-state index contributed by atoms with van der Waals surface area (Å²) in [7, 11) is 1.59. The van der Waals surface area contributed by atoms with Crippen LogP contribution in [0.2, 0.25) is 0 Å². The van der Waals surface area contributed by atoms with E-state index in [0.29, 0.717) is 36.3 Å². The van der Waals surface area contributed by atoms with Gasteiger partial charge in [0.1, 0.15) is 0 Å². The van der Waals surface area contributed by atoms with E-state index < -0.39 is 0 Å². The van der Waals surface area contributed by atoms with E-state index in [1.165, 1.54) is 4.57 Å². The van der Waals surface area contributed by atoms with Crippen LogP contribution in [0.1, 0.15) is 56.2 Å². The number of benzene rings is 2.